The highest BCUT2D eigenvalue weighted by molar-refractivity contribution is 5.76. The van der Waals surface area contributed by atoms with Gasteiger partial charge in [-0.05, 0) is 51.4 Å². The van der Waals surface area contributed by atoms with E-state index in [1.807, 2.05) is 0 Å². The minimum Gasteiger partial charge on any atom is -0.466 e. The van der Waals surface area contributed by atoms with E-state index in [1.54, 1.807) is 0 Å². The van der Waals surface area contributed by atoms with Gasteiger partial charge in [-0.1, -0.05) is 353 Å². The van der Waals surface area contributed by atoms with Crippen LogP contribution in [0.1, 0.15) is 406 Å². The van der Waals surface area contributed by atoms with Crippen LogP contribution >= 0.6 is 0 Å². The first-order valence-corrected chi connectivity index (χ1v) is 35.4. The van der Waals surface area contributed by atoms with Gasteiger partial charge in [0.2, 0.25) is 5.91 Å². The zero-order chi connectivity index (χ0) is 55.7. The average Bonchev–Trinajstić information content (AvgIpc) is 3.43. The first kappa shape index (κ1) is 75.6. The second kappa shape index (κ2) is 67.1. The van der Waals surface area contributed by atoms with Gasteiger partial charge in [-0.3, -0.25) is 9.59 Å². The molecule has 3 N–H and O–H groups in total. The van der Waals surface area contributed by atoms with Crippen molar-refractivity contribution in [2.75, 3.05) is 13.2 Å². The number of aliphatic hydroxyl groups is 2. The number of ether oxygens (including phenoxy) is 1. The number of carbonyl (C=O) groups is 2. The Morgan fingerprint density at radius 1 is 0.351 bits per heavy atom. The molecule has 0 rings (SSSR count). The summed E-state index contributed by atoms with van der Waals surface area (Å²) in [6.07, 6.45) is 82.6. The third-order valence-corrected chi connectivity index (χ3v) is 16.8. The lowest BCUT2D eigenvalue weighted by Crippen LogP contribution is -2.45. The second-order valence-corrected chi connectivity index (χ2v) is 24.6. The van der Waals surface area contributed by atoms with Crippen LogP contribution in [0.3, 0.4) is 0 Å². The first-order chi connectivity index (χ1) is 38.0. The number of aliphatic hydroxyl groups excluding tert-OH is 2. The summed E-state index contributed by atoms with van der Waals surface area (Å²) in [5.41, 5.74) is 0. The number of amides is 1. The predicted octanol–water partition coefficient (Wildman–Crippen LogP) is 22.8. The van der Waals surface area contributed by atoms with Crippen molar-refractivity contribution < 1.29 is 24.5 Å². The Morgan fingerprint density at radius 3 is 0.922 bits per heavy atom. The standard InChI is InChI=1S/C71H139NO5/c1-3-5-7-9-11-13-15-17-19-20-29-32-36-39-43-47-51-55-59-63-69(74)68(67-73)72-70(75)64-60-56-52-48-44-40-37-33-30-27-25-23-21-22-24-26-28-31-34-38-42-46-50-54-58-62-66-77-71(76)65-61-57-53-49-45-41-35-18-16-14-12-10-8-6-4-2/h18,35,68-69,73-74H,3-17,19-34,36-67H2,1-2H3,(H,72,75)/b35-18-. The zero-order valence-corrected chi connectivity index (χ0v) is 52.5. The Kier molecular flexibility index (Phi) is 65.9. The van der Waals surface area contributed by atoms with Crippen molar-refractivity contribution in [2.45, 2.75) is 418 Å². The number of carbonyl (C=O) groups excluding carboxylic acids is 2. The number of nitrogens with one attached hydrogen (secondary N) is 1. The van der Waals surface area contributed by atoms with Crippen LogP contribution in [0.5, 0.6) is 0 Å². The summed E-state index contributed by atoms with van der Waals surface area (Å²) >= 11 is 0. The number of esters is 1. The van der Waals surface area contributed by atoms with Crippen molar-refractivity contribution in [1.82, 2.24) is 5.32 Å². The molecule has 0 saturated heterocycles. The molecule has 0 fully saturated rings. The van der Waals surface area contributed by atoms with Crippen LogP contribution in [0.15, 0.2) is 12.2 Å². The maximum absolute atomic E-state index is 12.5. The van der Waals surface area contributed by atoms with E-state index in [2.05, 4.69) is 31.3 Å². The second-order valence-electron chi connectivity index (χ2n) is 24.6. The van der Waals surface area contributed by atoms with Gasteiger partial charge in [-0.2, -0.15) is 0 Å². The highest BCUT2D eigenvalue weighted by atomic mass is 16.5. The molecule has 6 nitrogen and oxygen atoms in total. The Balaban J connectivity index is 3.35. The maximum Gasteiger partial charge on any atom is 0.305 e. The first-order valence-electron chi connectivity index (χ1n) is 35.4. The van der Waals surface area contributed by atoms with E-state index < -0.39 is 12.1 Å². The lowest BCUT2D eigenvalue weighted by Gasteiger charge is -2.22. The van der Waals surface area contributed by atoms with Crippen LogP contribution in [-0.2, 0) is 14.3 Å². The molecule has 458 valence electrons. The fraction of sp³-hybridized carbons (Fsp3) is 0.944. The van der Waals surface area contributed by atoms with E-state index in [1.165, 1.54) is 327 Å². The third kappa shape index (κ3) is 63.6. The molecule has 0 aliphatic heterocycles. The van der Waals surface area contributed by atoms with Crippen LogP contribution in [0.25, 0.3) is 0 Å². The van der Waals surface area contributed by atoms with Gasteiger partial charge in [0.05, 0.1) is 25.4 Å². The van der Waals surface area contributed by atoms with E-state index in [0.717, 1.165) is 44.9 Å². The summed E-state index contributed by atoms with van der Waals surface area (Å²) in [6, 6.07) is -0.540. The number of unbranched alkanes of at least 4 members (excludes halogenated alkanes) is 54. The molecule has 0 aromatic heterocycles. The molecule has 77 heavy (non-hydrogen) atoms. The fourth-order valence-corrected chi connectivity index (χ4v) is 11.4. The van der Waals surface area contributed by atoms with Gasteiger partial charge < -0.3 is 20.3 Å². The quantitative estimate of drug-likeness (QED) is 0.0320. The normalized spacial score (nSPS) is 12.5. The van der Waals surface area contributed by atoms with Crippen molar-refractivity contribution in [3.63, 3.8) is 0 Å². The molecule has 2 atom stereocenters. The highest BCUT2D eigenvalue weighted by Gasteiger charge is 2.20. The Morgan fingerprint density at radius 2 is 0.610 bits per heavy atom. The van der Waals surface area contributed by atoms with E-state index in [0.29, 0.717) is 25.9 Å². The Hall–Kier alpha value is -1.40. The predicted molar refractivity (Wildman–Crippen MR) is 338 cm³/mol. The number of allylic oxidation sites excluding steroid dienone is 2. The van der Waals surface area contributed by atoms with E-state index in [-0.39, 0.29) is 18.5 Å². The highest BCUT2D eigenvalue weighted by Crippen LogP contribution is 2.19. The lowest BCUT2D eigenvalue weighted by molar-refractivity contribution is -0.143. The van der Waals surface area contributed by atoms with Crippen LogP contribution in [0.4, 0.5) is 0 Å². The fourth-order valence-electron chi connectivity index (χ4n) is 11.4. The van der Waals surface area contributed by atoms with Crippen LogP contribution < -0.4 is 5.32 Å². The summed E-state index contributed by atoms with van der Waals surface area (Å²) < 4.78 is 5.49. The molecule has 0 aromatic carbocycles. The molecule has 0 aromatic rings. The topological polar surface area (TPSA) is 95.9 Å². The smallest absolute Gasteiger partial charge is 0.305 e. The summed E-state index contributed by atoms with van der Waals surface area (Å²) in [5, 5.41) is 23.4. The number of hydrogen-bond donors (Lipinski definition) is 3. The summed E-state index contributed by atoms with van der Waals surface area (Å²) in [7, 11) is 0. The minimum atomic E-state index is -0.663. The molecule has 0 heterocycles. The molecule has 0 radical (unpaired) electrons. The van der Waals surface area contributed by atoms with E-state index >= 15 is 0 Å². The molecule has 0 saturated carbocycles. The molecule has 0 spiro atoms. The number of hydrogen-bond acceptors (Lipinski definition) is 5. The van der Waals surface area contributed by atoms with Gasteiger partial charge >= 0.3 is 5.97 Å². The molecule has 6 heteroatoms. The van der Waals surface area contributed by atoms with Crippen molar-refractivity contribution >= 4 is 11.9 Å². The minimum absolute atomic E-state index is 0.0104. The molecular formula is C71H139NO5. The van der Waals surface area contributed by atoms with Crippen LogP contribution in [0, 0.1) is 0 Å². The van der Waals surface area contributed by atoms with Gasteiger partial charge in [0.25, 0.3) is 0 Å². The molecular weight excluding hydrogens is 947 g/mol. The Labute approximate surface area is 482 Å². The SMILES string of the molecule is CCCCCCCC/C=C\CCCCCCCC(=O)OCCCCCCCCCCCCCCCCCCCCCCCCCCCCC(=O)NC(CO)C(O)CCCCCCCCCCCCCCCCCCCCC. The molecule has 1 amide bonds. The largest absolute Gasteiger partial charge is 0.466 e. The van der Waals surface area contributed by atoms with E-state index in [4.69, 9.17) is 4.74 Å². The average molecular weight is 1090 g/mol. The van der Waals surface area contributed by atoms with Gasteiger partial charge in [0.1, 0.15) is 0 Å². The maximum atomic E-state index is 12.5. The van der Waals surface area contributed by atoms with Gasteiger partial charge in [-0.25, -0.2) is 0 Å². The summed E-state index contributed by atoms with van der Waals surface area (Å²) in [6.45, 7) is 4.99. The van der Waals surface area contributed by atoms with Gasteiger partial charge in [-0.15, -0.1) is 0 Å². The van der Waals surface area contributed by atoms with Crippen LogP contribution in [0.2, 0.25) is 0 Å². The molecule has 2 unspecified atom stereocenters. The number of rotatable bonds is 67. The Bertz CT molecular complexity index is 1160. The zero-order valence-electron chi connectivity index (χ0n) is 52.5. The van der Waals surface area contributed by atoms with E-state index in [9.17, 15) is 19.8 Å². The lowest BCUT2D eigenvalue weighted by atomic mass is 10.0. The summed E-state index contributed by atoms with van der Waals surface area (Å²) in [5.74, 6) is -0.0178. The van der Waals surface area contributed by atoms with Crippen LogP contribution in [-0.4, -0.2) is 47.4 Å². The van der Waals surface area contributed by atoms with Crippen molar-refractivity contribution in [3.8, 4) is 0 Å². The van der Waals surface area contributed by atoms with Gasteiger partial charge in [0.15, 0.2) is 0 Å². The van der Waals surface area contributed by atoms with Crippen molar-refractivity contribution in [1.29, 1.82) is 0 Å². The third-order valence-electron chi connectivity index (χ3n) is 16.8. The molecule has 0 bridgehead atoms. The molecule has 0 aliphatic rings. The van der Waals surface area contributed by atoms with Crippen molar-refractivity contribution in [2.24, 2.45) is 0 Å². The molecule has 0 aliphatic carbocycles. The monoisotopic (exact) mass is 1090 g/mol. The van der Waals surface area contributed by atoms with Gasteiger partial charge in [0, 0.05) is 12.8 Å². The summed E-state index contributed by atoms with van der Waals surface area (Å²) in [4.78, 5) is 24.6. The van der Waals surface area contributed by atoms with Crippen molar-refractivity contribution in [3.05, 3.63) is 12.2 Å².